The van der Waals surface area contributed by atoms with Crippen LogP contribution in [0.5, 0.6) is 0 Å². The molecule has 0 aliphatic carbocycles. The van der Waals surface area contributed by atoms with Gasteiger partial charge in [0, 0.05) is 11.6 Å². The van der Waals surface area contributed by atoms with Gasteiger partial charge in [-0.25, -0.2) is 17.9 Å². The summed E-state index contributed by atoms with van der Waals surface area (Å²) in [6, 6.07) is 2.50. The van der Waals surface area contributed by atoms with E-state index in [1.54, 1.807) is 0 Å². The summed E-state index contributed by atoms with van der Waals surface area (Å²) in [5, 5.41) is 9.10. The van der Waals surface area contributed by atoms with E-state index in [-0.39, 0.29) is 21.0 Å². The fourth-order valence-electron chi connectivity index (χ4n) is 1.62. The molecule has 0 spiro atoms. The highest BCUT2D eigenvalue weighted by molar-refractivity contribution is 7.89. The highest BCUT2D eigenvalue weighted by Gasteiger charge is 2.21. The van der Waals surface area contributed by atoms with Crippen LogP contribution >= 0.6 is 11.6 Å². The molecule has 0 aromatic heterocycles. The molecule has 0 atom stereocenters. The summed E-state index contributed by atoms with van der Waals surface area (Å²) >= 11 is 5.78. The number of rotatable bonds is 6. The van der Waals surface area contributed by atoms with Gasteiger partial charge < -0.3 is 5.11 Å². The standard InChI is InChI=1S/C12H16ClNO4S/c1-3-4-5-14-19(17,18)11-7-9(13)6-10(8(11)2)12(15)16/h6-7,14H,3-5H2,1-2H3,(H,15,16). The molecule has 0 heterocycles. The average Bonchev–Trinajstić information content (AvgIpc) is 2.31. The lowest BCUT2D eigenvalue weighted by atomic mass is 10.1. The van der Waals surface area contributed by atoms with Gasteiger partial charge in [0.1, 0.15) is 0 Å². The van der Waals surface area contributed by atoms with Crippen LogP contribution in [0.15, 0.2) is 17.0 Å². The van der Waals surface area contributed by atoms with E-state index in [0.29, 0.717) is 13.0 Å². The predicted octanol–water partition coefficient (Wildman–Crippen LogP) is 2.43. The van der Waals surface area contributed by atoms with Gasteiger partial charge in [0.2, 0.25) is 10.0 Å². The lowest BCUT2D eigenvalue weighted by Gasteiger charge is -2.11. The van der Waals surface area contributed by atoms with Crippen molar-refractivity contribution in [2.75, 3.05) is 6.54 Å². The molecule has 1 aromatic rings. The highest BCUT2D eigenvalue weighted by Crippen LogP contribution is 2.24. The number of nitrogens with one attached hydrogen (secondary N) is 1. The summed E-state index contributed by atoms with van der Waals surface area (Å²) < 4.78 is 26.6. The van der Waals surface area contributed by atoms with Crippen LogP contribution in [0.4, 0.5) is 0 Å². The van der Waals surface area contributed by atoms with Crippen molar-refractivity contribution in [3.8, 4) is 0 Å². The van der Waals surface area contributed by atoms with Gasteiger partial charge in [-0.2, -0.15) is 0 Å². The van der Waals surface area contributed by atoms with E-state index in [2.05, 4.69) is 4.72 Å². The first-order valence-corrected chi connectivity index (χ1v) is 7.68. The van der Waals surface area contributed by atoms with E-state index in [1.807, 2.05) is 6.92 Å². The monoisotopic (exact) mass is 305 g/mol. The van der Waals surface area contributed by atoms with Gasteiger partial charge in [-0.1, -0.05) is 24.9 Å². The molecule has 1 aromatic carbocycles. The molecule has 7 heteroatoms. The zero-order chi connectivity index (χ0) is 14.6. The summed E-state index contributed by atoms with van der Waals surface area (Å²) in [6.07, 6.45) is 1.57. The van der Waals surface area contributed by atoms with Crippen LogP contribution in [-0.2, 0) is 10.0 Å². The number of hydrogen-bond donors (Lipinski definition) is 2. The van der Waals surface area contributed by atoms with Gasteiger partial charge in [0.25, 0.3) is 0 Å². The third kappa shape index (κ3) is 3.92. The van der Waals surface area contributed by atoms with Crippen molar-refractivity contribution in [2.45, 2.75) is 31.6 Å². The Morgan fingerprint density at radius 3 is 2.58 bits per heavy atom. The minimum Gasteiger partial charge on any atom is -0.478 e. The fourth-order valence-corrected chi connectivity index (χ4v) is 3.26. The maximum atomic E-state index is 12.1. The summed E-state index contributed by atoms with van der Waals surface area (Å²) in [6.45, 7) is 3.71. The van der Waals surface area contributed by atoms with Crippen LogP contribution in [0.1, 0.15) is 35.7 Å². The Bertz CT molecular complexity index is 584. The van der Waals surface area contributed by atoms with Crippen molar-refractivity contribution in [3.63, 3.8) is 0 Å². The quantitative estimate of drug-likeness (QED) is 0.791. The number of sulfonamides is 1. The molecule has 0 amide bonds. The van der Waals surface area contributed by atoms with Crippen LogP contribution in [0, 0.1) is 6.92 Å². The summed E-state index contributed by atoms with van der Waals surface area (Å²) in [7, 11) is -3.74. The smallest absolute Gasteiger partial charge is 0.336 e. The Kier molecular flexibility index (Phi) is 5.34. The molecule has 5 nitrogen and oxygen atoms in total. The second kappa shape index (κ2) is 6.36. The molecule has 0 saturated heterocycles. The number of carboxylic acids is 1. The molecule has 0 bridgehead atoms. The van der Waals surface area contributed by atoms with Gasteiger partial charge in [-0.05, 0) is 31.0 Å². The molecular formula is C12H16ClNO4S. The van der Waals surface area contributed by atoms with Gasteiger partial charge in [-0.15, -0.1) is 0 Å². The molecular weight excluding hydrogens is 290 g/mol. The average molecular weight is 306 g/mol. The first kappa shape index (κ1) is 15.9. The first-order valence-electron chi connectivity index (χ1n) is 5.82. The van der Waals surface area contributed by atoms with E-state index < -0.39 is 16.0 Å². The van der Waals surface area contributed by atoms with Crippen molar-refractivity contribution in [1.29, 1.82) is 0 Å². The lowest BCUT2D eigenvalue weighted by Crippen LogP contribution is -2.26. The third-order valence-corrected chi connectivity index (χ3v) is 4.47. The Labute approximate surface area is 117 Å². The molecule has 2 N–H and O–H groups in total. The number of carbonyl (C=O) groups is 1. The van der Waals surface area contributed by atoms with Gasteiger partial charge >= 0.3 is 5.97 Å². The van der Waals surface area contributed by atoms with E-state index >= 15 is 0 Å². The zero-order valence-corrected chi connectivity index (χ0v) is 12.3. The van der Waals surface area contributed by atoms with Crippen LogP contribution in [0.2, 0.25) is 5.02 Å². The van der Waals surface area contributed by atoms with Crippen molar-refractivity contribution >= 4 is 27.6 Å². The van der Waals surface area contributed by atoms with Crippen LogP contribution < -0.4 is 4.72 Å². The van der Waals surface area contributed by atoms with Gasteiger partial charge in [-0.3, -0.25) is 0 Å². The van der Waals surface area contributed by atoms with E-state index in [0.717, 1.165) is 6.42 Å². The van der Waals surface area contributed by atoms with Gasteiger partial charge in [0.15, 0.2) is 0 Å². The summed E-state index contributed by atoms with van der Waals surface area (Å²) in [5.74, 6) is -1.20. The minimum atomic E-state index is -3.74. The maximum Gasteiger partial charge on any atom is 0.336 e. The zero-order valence-electron chi connectivity index (χ0n) is 10.7. The molecule has 0 aliphatic heterocycles. The molecule has 0 aliphatic rings. The molecule has 106 valence electrons. The lowest BCUT2D eigenvalue weighted by molar-refractivity contribution is 0.0696. The largest absolute Gasteiger partial charge is 0.478 e. The van der Waals surface area contributed by atoms with Gasteiger partial charge in [0.05, 0.1) is 10.5 Å². The van der Waals surface area contributed by atoms with Crippen molar-refractivity contribution in [1.82, 2.24) is 4.72 Å². The minimum absolute atomic E-state index is 0.0823. The van der Waals surface area contributed by atoms with Crippen LogP contribution in [0.25, 0.3) is 0 Å². The first-order chi connectivity index (χ1) is 8.79. The number of carboxylic acid groups (broad SMARTS) is 1. The number of halogens is 1. The molecule has 19 heavy (non-hydrogen) atoms. The number of aromatic carboxylic acids is 1. The molecule has 0 radical (unpaired) electrons. The number of unbranched alkanes of at least 4 members (excludes halogenated alkanes) is 1. The molecule has 1 rings (SSSR count). The molecule has 0 unspecified atom stereocenters. The molecule has 0 fully saturated rings. The number of benzene rings is 1. The predicted molar refractivity (Wildman–Crippen MR) is 73.2 cm³/mol. The third-order valence-electron chi connectivity index (χ3n) is 2.67. The van der Waals surface area contributed by atoms with E-state index in [9.17, 15) is 13.2 Å². The Morgan fingerprint density at radius 2 is 2.05 bits per heavy atom. The second-order valence-corrected chi connectivity index (χ2v) is 6.30. The van der Waals surface area contributed by atoms with Crippen molar-refractivity contribution in [3.05, 3.63) is 28.3 Å². The topological polar surface area (TPSA) is 83.5 Å². The van der Waals surface area contributed by atoms with E-state index in [1.165, 1.54) is 19.1 Å². The SMILES string of the molecule is CCCCNS(=O)(=O)c1cc(Cl)cc(C(=O)O)c1C. The summed E-state index contributed by atoms with van der Waals surface area (Å²) in [5.41, 5.74) is 0.0734. The highest BCUT2D eigenvalue weighted by atomic mass is 35.5. The number of hydrogen-bond acceptors (Lipinski definition) is 3. The fraction of sp³-hybridized carbons (Fsp3) is 0.417. The van der Waals surface area contributed by atoms with Crippen molar-refractivity contribution in [2.24, 2.45) is 0 Å². The van der Waals surface area contributed by atoms with Crippen LogP contribution in [-0.4, -0.2) is 26.0 Å². The normalized spacial score (nSPS) is 11.5. The van der Waals surface area contributed by atoms with E-state index in [4.69, 9.17) is 16.7 Å². The Morgan fingerprint density at radius 1 is 1.42 bits per heavy atom. The summed E-state index contributed by atoms with van der Waals surface area (Å²) in [4.78, 5) is 11.0. The Balaban J connectivity index is 3.23. The van der Waals surface area contributed by atoms with Crippen LogP contribution in [0.3, 0.4) is 0 Å². The second-order valence-electron chi connectivity index (χ2n) is 4.13. The Hall–Kier alpha value is -1.11. The van der Waals surface area contributed by atoms with Crippen molar-refractivity contribution < 1.29 is 18.3 Å². The maximum absolute atomic E-state index is 12.1. The molecule has 0 saturated carbocycles.